The fraction of sp³-hybridized carbons (Fsp3) is 0.444. The average Bonchev–Trinajstić information content (AvgIpc) is 3.07. The number of rotatable bonds is 8. The fourth-order valence-electron chi connectivity index (χ4n) is 4.99. The summed E-state index contributed by atoms with van der Waals surface area (Å²) in [6, 6.07) is 3.83. The summed E-state index contributed by atoms with van der Waals surface area (Å²) < 4.78 is 3.56. The molecule has 1 aliphatic heterocycles. The van der Waals surface area contributed by atoms with E-state index in [0.29, 0.717) is 23.2 Å². The molecule has 1 amide bonds. The van der Waals surface area contributed by atoms with Gasteiger partial charge in [-0.1, -0.05) is 13.8 Å². The average molecular weight is 478 g/mol. The van der Waals surface area contributed by atoms with Crippen molar-refractivity contribution < 1.29 is 9.90 Å². The molecule has 0 radical (unpaired) electrons. The number of aliphatic hydroxyl groups excluding tert-OH is 1. The highest BCUT2D eigenvalue weighted by molar-refractivity contribution is 6.01. The lowest BCUT2D eigenvalue weighted by atomic mass is 9.92. The number of amides is 1. The van der Waals surface area contributed by atoms with Crippen molar-refractivity contribution in [3.05, 3.63) is 63.4 Å². The predicted octanol–water partition coefficient (Wildman–Crippen LogP) is 3.10. The highest BCUT2D eigenvalue weighted by atomic mass is 16.3. The molecule has 35 heavy (non-hydrogen) atoms. The second-order valence-electron chi connectivity index (χ2n) is 9.25. The maximum absolute atomic E-state index is 13.2. The SMILES string of the molecule is CCCN(CCC)C(=O)C1=CC2=C(C=C(c3cc4c(=O)n(CCO)ccc4n3C)CC2)N=C(N)C1. The monoisotopic (exact) mass is 477 g/mol. The van der Waals surface area contributed by atoms with Crippen molar-refractivity contribution in [2.24, 2.45) is 17.8 Å². The lowest BCUT2D eigenvalue weighted by Gasteiger charge is -2.23. The molecule has 8 nitrogen and oxygen atoms in total. The Morgan fingerprint density at radius 3 is 2.63 bits per heavy atom. The molecule has 0 saturated carbocycles. The standard InChI is InChI=1S/C27H35N5O3/c1-4-9-31(10-5-2)26(34)20-14-18-6-7-19(15-22(18)29-25(28)16-20)24-17-21-23(30(24)3)8-11-32(12-13-33)27(21)35/h8,11,14-15,17,33H,4-7,9-10,12-13,16H2,1-3H3,(H2,28,29). The van der Waals surface area contributed by atoms with E-state index in [9.17, 15) is 14.7 Å². The lowest BCUT2D eigenvalue weighted by molar-refractivity contribution is -0.127. The van der Waals surface area contributed by atoms with Crippen molar-refractivity contribution in [1.29, 1.82) is 0 Å². The first kappa shape index (κ1) is 24.7. The summed E-state index contributed by atoms with van der Waals surface area (Å²) in [5.41, 5.74) is 11.5. The number of allylic oxidation sites excluding steroid dienone is 4. The first-order valence-electron chi connectivity index (χ1n) is 12.4. The van der Waals surface area contributed by atoms with Crippen LogP contribution in [0.25, 0.3) is 16.5 Å². The Balaban J connectivity index is 1.72. The van der Waals surface area contributed by atoms with Crippen LogP contribution in [0.2, 0.25) is 0 Å². The van der Waals surface area contributed by atoms with Gasteiger partial charge in [0, 0.05) is 50.6 Å². The van der Waals surface area contributed by atoms with Gasteiger partial charge in [0.1, 0.15) is 5.84 Å². The predicted molar refractivity (Wildman–Crippen MR) is 140 cm³/mol. The third-order valence-corrected chi connectivity index (χ3v) is 6.69. The van der Waals surface area contributed by atoms with Gasteiger partial charge in [0.15, 0.2) is 0 Å². The quantitative estimate of drug-likeness (QED) is 0.609. The molecule has 0 fully saturated rings. The van der Waals surface area contributed by atoms with Gasteiger partial charge in [0.2, 0.25) is 5.91 Å². The minimum absolute atomic E-state index is 0.0446. The largest absolute Gasteiger partial charge is 0.395 e. The molecule has 4 rings (SSSR count). The minimum atomic E-state index is -0.110. The number of pyridine rings is 1. The van der Waals surface area contributed by atoms with E-state index in [-0.39, 0.29) is 24.6 Å². The molecule has 2 aliphatic rings. The maximum Gasteiger partial charge on any atom is 0.260 e. The van der Waals surface area contributed by atoms with Gasteiger partial charge in [-0.3, -0.25) is 9.59 Å². The highest BCUT2D eigenvalue weighted by Gasteiger charge is 2.24. The van der Waals surface area contributed by atoms with E-state index < -0.39 is 0 Å². The van der Waals surface area contributed by atoms with E-state index in [4.69, 9.17) is 5.73 Å². The smallest absolute Gasteiger partial charge is 0.260 e. The number of aliphatic hydroxyl groups is 1. The number of carbonyl (C=O) groups is 1. The zero-order chi connectivity index (χ0) is 25.1. The fourth-order valence-corrected chi connectivity index (χ4v) is 4.99. The molecule has 8 heteroatoms. The molecule has 0 saturated heterocycles. The molecule has 0 bridgehead atoms. The molecule has 0 aromatic carbocycles. The van der Waals surface area contributed by atoms with Crippen LogP contribution in [0, 0.1) is 0 Å². The topological polar surface area (TPSA) is 106 Å². The normalized spacial score (nSPS) is 15.9. The Morgan fingerprint density at radius 1 is 1.20 bits per heavy atom. The maximum atomic E-state index is 13.2. The van der Waals surface area contributed by atoms with Crippen LogP contribution in [0.5, 0.6) is 0 Å². The molecule has 0 unspecified atom stereocenters. The summed E-state index contributed by atoms with van der Waals surface area (Å²) >= 11 is 0. The number of hydrogen-bond acceptors (Lipinski definition) is 5. The summed E-state index contributed by atoms with van der Waals surface area (Å²) in [7, 11) is 1.95. The van der Waals surface area contributed by atoms with Gasteiger partial charge in [-0.05, 0) is 61.1 Å². The third kappa shape index (κ3) is 4.89. The van der Waals surface area contributed by atoms with E-state index in [1.807, 2.05) is 40.8 Å². The van der Waals surface area contributed by atoms with Gasteiger partial charge in [0.05, 0.1) is 23.2 Å². The zero-order valence-corrected chi connectivity index (χ0v) is 20.9. The van der Waals surface area contributed by atoms with E-state index >= 15 is 0 Å². The van der Waals surface area contributed by atoms with Crippen LogP contribution in [0.3, 0.4) is 0 Å². The summed E-state index contributed by atoms with van der Waals surface area (Å²) in [4.78, 5) is 32.7. The van der Waals surface area contributed by atoms with Crippen LogP contribution in [0.4, 0.5) is 0 Å². The number of hydrogen-bond donors (Lipinski definition) is 2. The van der Waals surface area contributed by atoms with Gasteiger partial charge in [-0.15, -0.1) is 0 Å². The van der Waals surface area contributed by atoms with Crippen LogP contribution in [-0.2, 0) is 18.4 Å². The highest BCUT2D eigenvalue weighted by Crippen LogP contribution is 2.35. The van der Waals surface area contributed by atoms with E-state index in [1.54, 1.807) is 6.20 Å². The Labute approximate surface area is 205 Å². The van der Waals surface area contributed by atoms with Crippen molar-refractivity contribution in [2.45, 2.75) is 52.5 Å². The Bertz CT molecular complexity index is 1320. The molecular weight excluding hydrogens is 442 g/mol. The zero-order valence-electron chi connectivity index (χ0n) is 20.9. The van der Waals surface area contributed by atoms with Crippen LogP contribution < -0.4 is 11.3 Å². The summed E-state index contributed by atoms with van der Waals surface area (Å²) in [5, 5.41) is 9.87. The van der Waals surface area contributed by atoms with Gasteiger partial charge in [0.25, 0.3) is 5.56 Å². The number of aromatic nitrogens is 2. The summed E-state index contributed by atoms with van der Waals surface area (Å²) in [6.45, 7) is 5.81. The van der Waals surface area contributed by atoms with Crippen LogP contribution in [0.15, 0.2) is 57.1 Å². The Kier molecular flexibility index (Phi) is 7.40. The number of carbonyl (C=O) groups excluding carboxylic acids is 1. The van der Waals surface area contributed by atoms with E-state index in [0.717, 1.165) is 66.8 Å². The van der Waals surface area contributed by atoms with Crippen molar-refractivity contribution in [2.75, 3.05) is 19.7 Å². The van der Waals surface area contributed by atoms with Gasteiger partial charge >= 0.3 is 0 Å². The number of nitrogens with two attached hydrogens (primary N) is 1. The number of aryl methyl sites for hydroxylation is 1. The van der Waals surface area contributed by atoms with Crippen molar-refractivity contribution in [1.82, 2.24) is 14.0 Å². The Morgan fingerprint density at radius 2 is 1.94 bits per heavy atom. The van der Waals surface area contributed by atoms with Crippen molar-refractivity contribution in [3.63, 3.8) is 0 Å². The number of amidine groups is 1. The van der Waals surface area contributed by atoms with Crippen molar-refractivity contribution in [3.8, 4) is 0 Å². The molecule has 2 aromatic heterocycles. The molecule has 3 heterocycles. The molecule has 0 atom stereocenters. The third-order valence-electron chi connectivity index (χ3n) is 6.69. The summed E-state index contributed by atoms with van der Waals surface area (Å²) in [5.74, 6) is 0.479. The lowest BCUT2D eigenvalue weighted by Crippen LogP contribution is -2.34. The van der Waals surface area contributed by atoms with Gasteiger partial charge < -0.3 is 24.9 Å². The molecule has 186 valence electrons. The summed E-state index contributed by atoms with van der Waals surface area (Å²) in [6.07, 6.45) is 9.43. The first-order valence-corrected chi connectivity index (χ1v) is 12.4. The second-order valence-corrected chi connectivity index (χ2v) is 9.25. The number of nitrogens with zero attached hydrogens (tertiary/aromatic N) is 4. The molecule has 3 N–H and O–H groups in total. The van der Waals surface area contributed by atoms with E-state index in [2.05, 4.69) is 18.8 Å². The second kappa shape index (κ2) is 10.5. The Hall–Kier alpha value is -3.39. The van der Waals surface area contributed by atoms with Crippen molar-refractivity contribution >= 4 is 28.2 Å². The molecule has 0 spiro atoms. The first-order chi connectivity index (χ1) is 16.9. The van der Waals surface area contributed by atoms with E-state index in [1.165, 1.54) is 4.57 Å². The van der Waals surface area contributed by atoms with Crippen LogP contribution in [0.1, 0.15) is 51.6 Å². The minimum Gasteiger partial charge on any atom is -0.395 e. The number of fused-ring (bicyclic) bond motifs is 1. The molecule has 2 aromatic rings. The van der Waals surface area contributed by atoms with Gasteiger partial charge in [-0.2, -0.15) is 0 Å². The van der Waals surface area contributed by atoms with Crippen LogP contribution in [-0.4, -0.2) is 50.6 Å². The van der Waals surface area contributed by atoms with Gasteiger partial charge in [-0.25, -0.2) is 4.99 Å². The van der Waals surface area contributed by atoms with Crippen LogP contribution >= 0.6 is 0 Å². The number of aliphatic imine (C=N–C) groups is 1. The molecular formula is C27H35N5O3. The molecule has 1 aliphatic carbocycles.